The number of benzene rings is 1. The Bertz CT molecular complexity index is 1400. The summed E-state index contributed by atoms with van der Waals surface area (Å²) in [7, 11) is 1.89. The molecule has 0 aliphatic carbocycles. The zero-order valence-corrected chi connectivity index (χ0v) is 18.0. The first-order chi connectivity index (χ1) is 16.2. The summed E-state index contributed by atoms with van der Waals surface area (Å²) in [6.45, 7) is 1.23. The van der Waals surface area contributed by atoms with Gasteiger partial charge in [-0.1, -0.05) is 18.2 Å². The summed E-state index contributed by atoms with van der Waals surface area (Å²) < 4.78 is 17.3. The van der Waals surface area contributed by atoms with Crippen LogP contribution in [0.25, 0.3) is 22.4 Å². The molecule has 0 saturated carbocycles. The third-order valence-electron chi connectivity index (χ3n) is 5.50. The first kappa shape index (κ1) is 19.5. The van der Waals surface area contributed by atoms with Crippen molar-refractivity contribution in [2.75, 3.05) is 18.5 Å². The molecule has 0 unspecified atom stereocenters. The molecule has 0 amide bonds. The molecule has 10 nitrogen and oxygen atoms in total. The van der Waals surface area contributed by atoms with E-state index in [-0.39, 0.29) is 6.10 Å². The van der Waals surface area contributed by atoms with Crippen LogP contribution in [-0.4, -0.2) is 53.4 Å². The fourth-order valence-corrected chi connectivity index (χ4v) is 3.90. The summed E-state index contributed by atoms with van der Waals surface area (Å²) in [6, 6.07) is 11.9. The third-order valence-corrected chi connectivity index (χ3v) is 5.50. The minimum atomic E-state index is -0.0472. The Balaban J connectivity index is 1.37. The number of nitrogens with one attached hydrogen (secondary N) is 1. The lowest BCUT2D eigenvalue weighted by molar-refractivity contribution is 0.139. The van der Waals surface area contributed by atoms with Gasteiger partial charge in [0.1, 0.15) is 11.6 Å². The van der Waals surface area contributed by atoms with Crippen molar-refractivity contribution in [3.63, 3.8) is 0 Å². The molecular weight excluding hydrogens is 420 g/mol. The molecule has 33 heavy (non-hydrogen) atoms. The first-order valence-corrected chi connectivity index (χ1v) is 10.7. The van der Waals surface area contributed by atoms with Gasteiger partial charge in [0.05, 0.1) is 54.4 Å². The van der Waals surface area contributed by atoms with Crippen LogP contribution in [-0.2, 0) is 11.8 Å². The molecule has 166 valence electrons. The summed E-state index contributed by atoms with van der Waals surface area (Å²) in [5.74, 6) is 0.940. The van der Waals surface area contributed by atoms with Gasteiger partial charge in [-0.15, -0.1) is 0 Å². The van der Waals surface area contributed by atoms with E-state index in [2.05, 4.69) is 15.5 Å². The largest absolute Gasteiger partial charge is 0.470 e. The topological polar surface area (TPSA) is 96.8 Å². The molecule has 6 rings (SSSR count). The molecule has 1 fully saturated rings. The second kappa shape index (κ2) is 8.06. The summed E-state index contributed by atoms with van der Waals surface area (Å²) in [5.41, 5.74) is 4.22. The average molecular weight is 442 g/mol. The Morgan fingerprint density at radius 1 is 1.03 bits per heavy atom. The van der Waals surface area contributed by atoms with E-state index in [4.69, 9.17) is 19.4 Å². The van der Waals surface area contributed by atoms with Gasteiger partial charge >= 0.3 is 0 Å². The highest BCUT2D eigenvalue weighted by molar-refractivity contribution is 5.84. The molecule has 10 heteroatoms. The van der Waals surface area contributed by atoms with Crippen molar-refractivity contribution in [2.45, 2.75) is 12.5 Å². The molecule has 1 aromatic carbocycles. The number of aryl methyl sites for hydroxylation is 1. The fraction of sp³-hybridized carbons (Fsp3) is 0.217. The van der Waals surface area contributed by atoms with Crippen LogP contribution in [0, 0.1) is 0 Å². The average Bonchev–Trinajstić information content (AvgIpc) is 3.62. The number of nitrogens with zero attached hydrogens (tertiary/aromatic N) is 7. The Labute approximate surface area is 189 Å². The minimum absolute atomic E-state index is 0.0472. The van der Waals surface area contributed by atoms with Crippen molar-refractivity contribution in [1.29, 1.82) is 0 Å². The first-order valence-electron chi connectivity index (χ1n) is 10.7. The predicted octanol–water partition coefficient (Wildman–Crippen LogP) is 3.25. The van der Waals surface area contributed by atoms with E-state index < -0.39 is 0 Å². The maximum absolute atomic E-state index is 6.28. The zero-order valence-electron chi connectivity index (χ0n) is 18.0. The standard InChI is InChI=1S/C23H22N8O2/c1-29-14-18(12-24-29)30-9-7-20-21(30)22(33-19-8-10-32-15-19)28-23(27-20)26-16-11-25-31(13-16)17-5-3-2-4-6-17/h2-7,9,11-14,19H,8,10,15H2,1H3,(H,26,27,28)/t19-/m0/s1. The van der Waals surface area contributed by atoms with Crippen molar-refractivity contribution >= 4 is 22.7 Å². The Morgan fingerprint density at radius 2 is 1.94 bits per heavy atom. The highest BCUT2D eigenvalue weighted by Crippen LogP contribution is 2.30. The zero-order chi connectivity index (χ0) is 22.2. The number of aromatic nitrogens is 7. The van der Waals surface area contributed by atoms with Gasteiger partial charge in [-0.05, 0) is 18.2 Å². The molecule has 0 radical (unpaired) electrons. The number of rotatable bonds is 6. The second-order valence-corrected chi connectivity index (χ2v) is 7.88. The normalized spacial score (nSPS) is 15.8. The molecule has 1 atom stereocenters. The Kier molecular flexibility index (Phi) is 4.76. The van der Waals surface area contributed by atoms with Crippen LogP contribution in [0.1, 0.15) is 6.42 Å². The smallest absolute Gasteiger partial charge is 0.244 e. The van der Waals surface area contributed by atoms with Crippen LogP contribution in [0.5, 0.6) is 5.88 Å². The minimum Gasteiger partial charge on any atom is -0.470 e. The van der Waals surface area contributed by atoms with Gasteiger partial charge in [0.15, 0.2) is 0 Å². The Morgan fingerprint density at radius 3 is 2.73 bits per heavy atom. The Hall–Kier alpha value is -4.18. The molecule has 4 aromatic heterocycles. The van der Waals surface area contributed by atoms with Crippen molar-refractivity contribution in [2.24, 2.45) is 7.05 Å². The van der Waals surface area contributed by atoms with Gasteiger partial charge in [0, 0.05) is 25.9 Å². The van der Waals surface area contributed by atoms with Gasteiger partial charge in [0.2, 0.25) is 11.8 Å². The van der Waals surface area contributed by atoms with Crippen molar-refractivity contribution in [1.82, 2.24) is 34.1 Å². The number of para-hydroxylation sites is 1. The van der Waals surface area contributed by atoms with Crippen LogP contribution < -0.4 is 10.1 Å². The molecule has 5 aromatic rings. The van der Waals surface area contributed by atoms with E-state index in [0.29, 0.717) is 25.0 Å². The highest BCUT2D eigenvalue weighted by Gasteiger charge is 2.22. The lowest BCUT2D eigenvalue weighted by Crippen LogP contribution is -2.17. The number of hydrogen-bond donors (Lipinski definition) is 1. The van der Waals surface area contributed by atoms with Crippen molar-refractivity contribution in [3.8, 4) is 17.3 Å². The van der Waals surface area contributed by atoms with Crippen molar-refractivity contribution < 1.29 is 9.47 Å². The molecular formula is C23H22N8O2. The molecule has 1 saturated heterocycles. The number of hydrogen-bond acceptors (Lipinski definition) is 7. The highest BCUT2D eigenvalue weighted by atomic mass is 16.5. The molecule has 5 heterocycles. The maximum Gasteiger partial charge on any atom is 0.244 e. The van der Waals surface area contributed by atoms with Gasteiger partial charge < -0.3 is 19.4 Å². The number of ether oxygens (including phenoxy) is 2. The van der Waals surface area contributed by atoms with E-state index in [1.165, 1.54) is 0 Å². The maximum atomic E-state index is 6.28. The van der Waals surface area contributed by atoms with Crippen LogP contribution in [0.15, 0.2) is 67.4 Å². The summed E-state index contributed by atoms with van der Waals surface area (Å²) in [4.78, 5) is 9.44. The van der Waals surface area contributed by atoms with Crippen LogP contribution >= 0.6 is 0 Å². The summed E-state index contributed by atoms with van der Waals surface area (Å²) in [5, 5.41) is 12.0. The monoisotopic (exact) mass is 442 g/mol. The summed E-state index contributed by atoms with van der Waals surface area (Å²) >= 11 is 0. The van der Waals surface area contributed by atoms with Gasteiger partial charge in [-0.3, -0.25) is 4.68 Å². The fourth-order valence-electron chi connectivity index (χ4n) is 3.90. The summed E-state index contributed by atoms with van der Waals surface area (Å²) in [6.07, 6.45) is 10.1. The second-order valence-electron chi connectivity index (χ2n) is 7.88. The molecule has 1 N–H and O–H groups in total. The van der Waals surface area contributed by atoms with Crippen LogP contribution in [0.4, 0.5) is 11.6 Å². The van der Waals surface area contributed by atoms with E-state index >= 15 is 0 Å². The van der Waals surface area contributed by atoms with Crippen LogP contribution in [0.3, 0.4) is 0 Å². The SMILES string of the molecule is Cn1cc(-n2ccc3nc(Nc4cnn(-c5ccccc5)c4)nc(O[C@H]4CCOC4)c32)cn1. The molecule has 1 aliphatic heterocycles. The van der Waals surface area contributed by atoms with Crippen molar-refractivity contribution in [3.05, 3.63) is 67.4 Å². The predicted molar refractivity (Wildman–Crippen MR) is 122 cm³/mol. The van der Waals surface area contributed by atoms with E-state index in [9.17, 15) is 0 Å². The van der Waals surface area contributed by atoms with E-state index in [1.807, 2.05) is 66.6 Å². The van der Waals surface area contributed by atoms with E-state index in [0.717, 1.165) is 34.5 Å². The lowest BCUT2D eigenvalue weighted by Gasteiger charge is -2.14. The van der Waals surface area contributed by atoms with E-state index in [1.54, 1.807) is 21.8 Å². The molecule has 1 aliphatic rings. The number of fused-ring (bicyclic) bond motifs is 1. The molecule has 0 bridgehead atoms. The van der Waals surface area contributed by atoms with Gasteiger partial charge in [0.25, 0.3) is 0 Å². The molecule has 0 spiro atoms. The van der Waals surface area contributed by atoms with Gasteiger partial charge in [-0.2, -0.15) is 15.2 Å². The quantitative estimate of drug-likeness (QED) is 0.431. The third kappa shape index (κ3) is 3.80. The lowest BCUT2D eigenvalue weighted by atomic mass is 10.3. The van der Waals surface area contributed by atoms with Gasteiger partial charge in [-0.25, -0.2) is 9.67 Å². The number of anilines is 2. The van der Waals surface area contributed by atoms with Crippen LogP contribution in [0.2, 0.25) is 0 Å².